The Balaban J connectivity index is 1.92. The normalized spacial score (nSPS) is 10.6. The molecule has 0 atom stereocenters. The fraction of sp³-hybridized carbons (Fsp3) is 0.316. The molecule has 1 aromatic carbocycles. The van der Waals surface area contributed by atoms with Crippen LogP contribution in [-0.4, -0.2) is 14.9 Å². The van der Waals surface area contributed by atoms with Crippen molar-refractivity contribution < 1.29 is 9.26 Å². The van der Waals surface area contributed by atoms with Gasteiger partial charge in [-0.1, -0.05) is 19.0 Å². The molecule has 0 N–H and O–H groups in total. The minimum atomic E-state index is 0.546. The molecule has 25 heavy (non-hydrogen) atoms. The molecule has 0 amide bonds. The number of hydrogen-bond acceptors (Lipinski definition) is 5. The summed E-state index contributed by atoms with van der Waals surface area (Å²) in [5.41, 5.74) is 3.36. The quantitative estimate of drug-likeness (QED) is 0.679. The molecule has 6 nitrogen and oxygen atoms in total. The first-order valence-corrected chi connectivity index (χ1v) is 8.33. The first-order valence-electron chi connectivity index (χ1n) is 8.33. The first-order chi connectivity index (χ1) is 12.1. The van der Waals surface area contributed by atoms with Gasteiger partial charge < -0.3 is 9.26 Å². The second kappa shape index (κ2) is 7.22. The summed E-state index contributed by atoms with van der Waals surface area (Å²) in [5, 5.41) is 17.6. The summed E-state index contributed by atoms with van der Waals surface area (Å²) in [7, 11) is 0. The van der Waals surface area contributed by atoms with Crippen molar-refractivity contribution in [2.45, 2.75) is 40.2 Å². The molecule has 0 radical (unpaired) electrons. The zero-order valence-electron chi connectivity index (χ0n) is 14.6. The Kier molecular flexibility index (Phi) is 4.85. The number of rotatable bonds is 6. The Morgan fingerprint density at radius 1 is 1.20 bits per heavy atom. The highest BCUT2D eigenvalue weighted by Gasteiger charge is 2.19. The van der Waals surface area contributed by atoms with Crippen LogP contribution in [0.15, 0.2) is 34.9 Å². The van der Waals surface area contributed by atoms with Crippen molar-refractivity contribution >= 4 is 0 Å². The van der Waals surface area contributed by atoms with Crippen molar-refractivity contribution in [3.63, 3.8) is 0 Å². The van der Waals surface area contributed by atoms with Gasteiger partial charge in [0.15, 0.2) is 5.75 Å². The molecular formula is C19H20N4O2. The van der Waals surface area contributed by atoms with E-state index >= 15 is 0 Å². The van der Waals surface area contributed by atoms with E-state index < -0.39 is 0 Å². The van der Waals surface area contributed by atoms with E-state index in [2.05, 4.69) is 25.1 Å². The maximum Gasteiger partial charge on any atom is 0.171 e. The van der Waals surface area contributed by atoms with Crippen LogP contribution in [-0.2, 0) is 19.4 Å². The van der Waals surface area contributed by atoms with Crippen LogP contribution < -0.4 is 4.74 Å². The Morgan fingerprint density at radius 2 is 1.96 bits per heavy atom. The van der Waals surface area contributed by atoms with Gasteiger partial charge in [-0.15, -0.1) is 0 Å². The van der Waals surface area contributed by atoms with Crippen LogP contribution in [0, 0.1) is 18.3 Å². The average Bonchev–Trinajstić information content (AvgIpc) is 3.18. The summed E-state index contributed by atoms with van der Waals surface area (Å²) in [6, 6.07) is 11.1. The number of nitrogens with zero attached hydrogens (tertiary/aromatic N) is 4. The molecule has 3 rings (SSSR count). The van der Waals surface area contributed by atoms with Crippen LogP contribution in [0.2, 0.25) is 0 Å². The summed E-state index contributed by atoms with van der Waals surface area (Å²) in [6.07, 6.45) is 1.55. The van der Waals surface area contributed by atoms with Crippen molar-refractivity contribution in [2.24, 2.45) is 0 Å². The molecule has 0 aliphatic carbocycles. The van der Waals surface area contributed by atoms with E-state index in [0.717, 1.165) is 41.4 Å². The number of nitriles is 1. The van der Waals surface area contributed by atoms with Gasteiger partial charge in [-0.25, -0.2) is 0 Å². The molecule has 0 unspecified atom stereocenters. The Bertz CT molecular complexity index is 901. The molecule has 0 aliphatic rings. The zero-order chi connectivity index (χ0) is 17.8. The highest BCUT2D eigenvalue weighted by atomic mass is 16.5. The number of ether oxygens (including phenoxy) is 1. The van der Waals surface area contributed by atoms with Crippen LogP contribution in [0.1, 0.15) is 42.3 Å². The lowest BCUT2D eigenvalue weighted by Gasteiger charge is -2.09. The maximum absolute atomic E-state index is 8.91. The van der Waals surface area contributed by atoms with Crippen LogP contribution in [0.4, 0.5) is 0 Å². The van der Waals surface area contributed by atoms with E-state index in [-0.39, 0.29) is 0 Å². The third-order valence-corrected chi connectivity index (χ3v) is 3.94. The van der Waals surface area contributed by atoms with Crippen LogP contribution in [0.25, 0.3) is 0 Å². The lowest BCUT2D eigenvalue weighted by atomic mass is 10.2. The van der Waals surface area contributed by atoms with Gasteiger partial charge in [-0.05, 0) is 44.0 Å². The van der Waals surface area contributed by atoms with E-state index in [1.807, 2.05) is 17.7 Å². The van der Waals surface area contributed by atoms with Crippen LogP contribution in [0.5, 0.6) is 11.5 Å². The lowest BCUT2D eigenvalue weighted by molar-refractivity contribution is 0.387. The molecule has 0 saturated heterocycles. The molecule has 0 spiro atoms. The van der Waals surface area contributed by atoms with Gasteiger partial charge in [0.25, 0.3) is 0 Å². The number of aromatic nitrogens is 3. The third kappa shape index (κ3) is 3.56. The van der Waals surface area contributed by atoms with Gasteiger partial charge in [0.1, 0.15) is 22.9 Å². The average molecular weight is 336 g/mol. The molecule has 0 fully saturated rings. The molecule has 0 aliphatic heterocycles. The van der Waals surface area contributed by atoms with Crippen LogP contribution in [0.3, 0.4) is 0 Å². The van der Waals surface area contributed by atoms with E-state index in [0.29, 0.717) is 17.9 Å². The zero-order valence-corrected chi connectivity index (χ0v) is 14.6. The molecule has 2 aromatic heterocycles. The second-order valence-corrected chi connectivity index (χ2v) is 5.75. The van der Waals surface area contributed by atoms with Crippen molar-refractivity contribution in [1.29, 1.82) is 5.26 Å². The van der Waals surface area contributed by atoms with Crippen molar-refractivity contribution in [2.75, 3.05) is 0 Å². The standard InChI is InChI=1S/C19H20N4O2/c1-4-17-19(24-16-8-6-14(11-20)7-9-16)18(5-2)23(21-17)12-15-10-13(3)25-22-15/h6-10H,4-5,12H2,1-3H3. The van der Waals surface area contributed by atoms with Gasteiger partial charge in [0.2, 0.25) is 0 Å². The third-order valence-electron chi connectivity index (χ3n) is 3.94. The lowest BCUT2D eigenvalue weighted by Crippen LogP contribution is -2.06. The largest absolute Gasteiger partial charge is 0.453 e. The molecule has 6 heteroatoms. The summed E-state index contributed by atoms with van der Waals surface area (Å²) in [6.45, 7) is 6.55. The smallest absolute Gasteiger partial charge is 0.171 e. The van der Waals surface area contributed by atoms with E-state index in [1.165, 1.54) is 0 Å². The van der Waals surface area contributed by atoms with Gasteiger partial charge in [-0.3, -0.25) is 4.68 Å². The number of aryl methyl sites for hydroxylation is 2. The highest BCUT2D eigenvalue weighted by molar-refractivity contribution is 5.41. The van der Waals surface area contributed by atoms with Gasteiger partial charge in [0, 0.05) is 6.07 Å². The predicted molar refractivity (Wildman–Crippen MR) is 92.6 cm³/mol. The van der Waals surface area contributed by atoms with Crippen molar-refractivity contribution in [1.82, 2.24) is 14.9 Å². The van der Waals surface area contributed by atoms with Crippen molar-refractivity contribution in [3.05, 3.63) is 58.7 Å². The Hall–Kier alpha value is -3.07. The topological polar surface area (TPSA) is 76.9 Å². The van der Waals surface area contributed by atoms with E-state index in [1.54, 1.807) is 24.3 Å². The van der Waals surface area contributed by atoms with Gasteiger partial charge >= 0.3 is 0 Å². The molecule has 3 aromatic rings. The minimum Gasteiger partial charge on any atom is -0.453 e. The summed E-state index contributed by atoms with van der Waals surface area (Å²) in [4.78, 5) is 0. The fourth-order valence-corrected chi connectivity index (χ4v) is 2.72. The number of benzene rings is 1. The van der Waals surface area contributed by atoms with Gasteiger partial charge in [0.05, 0.1) is 23.9 Å². The molecular weight excluding hydrogens is 316 g/mol. The minimum absolute atomic E-state index is 0.546. The highest BCUT2D eigenvalue weighted by Crippen LogP contribution is 2.31. The van der Waals surface area contributed by atoms with Crippen LogP contribution >= 0.6 is 0 Å². The Morgan fingerprint density at radius 3 is 2.52 bits per heavy atom. The molecule has 2 heterocycles. The molecule has 0 saturated carbocycles. The summed E-state index contributed by atoms with van der Waals surface area (Å²) >= 11 is 0. The van der Waals surface area contributed by atoms with E-state index in [9.17, 15) is 0 Å². The second-order valence-electron chi connectivity index (χ2n) is 5.75. The number of hydrogen-bond donors (Lipinski definition) is 0. The van der Waals surface area contributed by atoms with E-state index in [4.69, 9.17) is 19.6 Å². The van der Waals surface area contributed by atoms with Gasteiger partial charge in [-0.2, -0.15) is 10.4 Å². The maximum atomic E-state index is 8.91. The summed E-state index contributed by atoms with van der Waals surface area (Å²) < 4.78 is 13.2. The Labute approximate surface area is 146 Å². The monoisotopic (exact) mass is 336 g/mol. The molecule has 0 bridgehead atoms. The fourth-order valence-electron chi connectivity index (χ4n) is 2.72. The SMILES string of the molecule is CCc1nn(Cc2cc(C)on2)c(CC)c1Oc1ccc(C#N)cc1. The first kappa shape index (κ1) is 16.8. The summed E-state index contributed by atoms with van der Waals surface area (Å²) in [5.74, 6) is 2.26. The predicted octanol–water partition coefficient (Wildman–Crippen LogP) is 4.02. The van der Waals surface area contributed by atoms with Crippen molar-refractivity contribution in [3.8, 4) is 17.6 Å². The molecule has 128 valence electrons.